The second-order valence-corrected chi connectivity index (χ2v) is 4.88. The highest BCUT2D eigenvalue weighted by molar-refractivity contribution is 5.49. The Hall–Kier alpha value is -2.81. The third-order valence-corrected chi connectivity index (χ3v) is 3.41. The number of methoxy groups -OCH3 is 2. The topological polar surface area (TPSA) is 71.3 Å². The first-order chi connectivity index (χ1) is 10.6. The van der Waals surface area contributed by atoms with Crippen molar-refractivity contribution in [2.45, 2.75) is 13.5 Å². The van der Waals surface area contributed by atoms with E-state index in [1.54, 1.807) is 26.4 Å². The summed E-state index contributed by atoms with van der Waals surface area (Å²) in [6.45, 7) is 2.67. The molecule has 1 heterocycles. The van der Waals surface area contributed by atoms with Gasteiger partial charge in [-0.05, 0) is 42.3 Å². The fourth-order valence-corrected chi connectivity index (χ4v) is 2.12. The van der Waals surface area contributed by atoms with Gasteiger partial charge in [0.15, 0.2) is 23.0 Å². The van der Waals surface area contributed by atoms with E-state index in [1.165, 1.54) is 0 Å². The predicted octanol–water partition coefficient (Wildman–Crippen LogP) is 2.31. The third kappa shape index (κ3) is 3.26. The highest BCUT2D eigenvalue weighted by Gasteiger charge is 2.11. The smallest absolute Gasteiger partial charge is 0.163 e. The lowest BCUT2D eigenvalue weighted by molar-refractivity contribution is 0.354. The van der Waals surface area contributed by atoms with Crippen molar-refractivity contribution in [3.05, 3.63) is 41.1 Å². The Kier molecular flexibility index (Phi) is 4.79. The van der Waals surface area contributed by atoms with E-state index < -0.39 is 0 Å². The minimum absolute atomic E-state index is 0.305. The van der Waals surface area contributed by atoms with Crippen molar-refractivity contribution in [2.75, 3.05) is 26.2 Å². The van der Waals surface area contributed by atoms with Gasteiger partial charge >= 0.3 is 0 Å². The maximum Gasteiger partial charge on any atom is 0.163 e. The van der Waals surface area contributed by atoms with Crippen molar-refractivity contribution < 1.29 is 9.47 Å². The molecule has 0 saturated carbocycles. The first kappa shape index (κ1) is 15.6. The molecule has 6 nitrogen and oxygen atoms in total. The minimum Gasteiger partial charge on any atom is -0.493 e. The number of hydrogen-bond donors (Lipinski definition) is 0. The third-order valence-electron chi connectivity index (χ3n) is 3.41. The highest BCUT2D eigenvalue weighted by Crippen LogP contribution is 2.31. The molecule has 22 heavy (non-hydrogen) atoms. The van der Waals surface area contributed by atoms with Crippen LogP contribution < -0.4 is 14.4 Å². The normalized spacial score (nSPS) is 9.95. The Labute approximate surface area is 129 Å². The van der Waals surface area contributed by atoms with E-state index in [9.17, 15) is 0 Å². The molecule has 0 aliphatic carbocycles. The Morgan fingerprint density at radius 1 is 1.14 bits per heavy atom. The molecule has 0 radical (unpaired) electrons. The van der Waals surface area contributed by atoms with E-state index in [4.69, 9.17) is 14.7 Å². The van der Waals surface area contributed by atoms with E-state index >= 15 is 0 Å². The number of aryl methyl sites for hydroxylation is 1. The summed E-state index contributed by atoms with van der Waals surface area (Å²) >= 11 is 0. The predicted molar refractivity (Wildman–Crippen MR) is 83.1 cm³/mol. The van der Waals surface area contributed by atoms with Crippen molar-refractivity contribution >= 4 is 5.82 Å². The lowest BCUT2D eigenvalue weighted by atomic mass is 10.1. The van der Waals surface area contributed by atoms with Crippen molar-refractivity contribution in [3.63, 3.8) is 0 Å². The zero-order valence-electron chi connectivity index (χ0n) is 13.1. The summed E-state index contributed by atoms with van der Waals surface area (Å²) in [6.07, 6.45) is 0. The van der Waals surface area contributed by atoms with Gasteiger partial charge in [0.05, 0.1) is 14.2 Å². The Balaban J connectivity index is 2.23. The van der Waals surface area contributed by atoms with E-state index in [0.717, 1.165) is 11.1 Å². The van der Waals surface area contributed by atoms with Gasteiger partial charge in [0.2, 0.25) is 0 Å². The van der Waals surface area contributed by atoms with Crippen molar-refractivity contribution in [1.29, 1.82) is 5.26 Å². The van der Waals surface area contributed by atoms with Gasteiger partial charge in [-0.15, -0.1) is 10.2 Å². The number of ether oxygens (including phenoxy) is 2. The average Bonchev–Trinajstić information content (AvgIpc) is 2.56. The molecule has 0 N–H and O–H groups in total. The molecule has 2 rings (SSSR count). The Morgan fingerprint density at radius 3 is 2.36 bits per heavy atom. The summed E-state index contributed by atoms with van der Waals surface area (Å²) in [5, 5.41) is 16.6. The van der Waals surface area contributed by atoms with Crippen molar-refractivity contribution in [1.82, 2.24) is 10.2 Å². The van der Waals surface area contributed by atoms with Crippen LogP contribution in [0.3, 0.4) is 0 Å². The van der Waals surface area contributed by atoms with Crippen molar-refractivity contribution in [2.24, 2.45) is 0 Å². The molecule has 0 unspecified atom stereocenters. The zero-order chi connectivity index (χ0) is 16.1. The van der Waals surface area contributed by atoms with Gasteiger partial charge in [0, 0.05) is 13.6 Å². The number of hydrogen-bond acceptors (Lipinski definition) is 6. The highest BCUT2D eigenvalue weighted by atomic mass is 16.5. The monoisotopic (exact) mass is 298 g/mol. The molecule has 0 saturated heterocycles. The number of anilines is 1. The SMILES string of the molecule is COc1cc(C)c(CN(C)c2ccc(C#N)nn2)cc1OC. The molecule has 0 fully saturated rings. The molecule has 1 aromatic heterocycles. The van der Waals surface area contributed by atoms with Gasteiger partial charge < -0.3 is 14.4 Å². The largest absolute Gasteiger partial charge is 0.493 e. The molecular formula is C16H18N4O2. The minimum atomic E-state index is 0.305. The molecule has 0 spiro atoms. The standard InChI is InChI=1S/C16H18N4O2/c1-11-7-14(21-3)15(22-4)8-12(11)10-20(2)16-6-5-13(9-17)18-19-16/h5-8H,10H2,1-4H3. The van der Waals surface area contributed by atoms with E-state index in [-0.39, 0.29) is 0 Å². The van der Waals surface area contributed by atoms with E-state index in [0.29, 0.717) is 29.6 Å². The Bertz CT molecular complexity index is 693. The van der Waals surface area contributed by atoms with Crippen LogP contribution in [0.15, 0.2) is 24.3 Å². The van der Waals surface area contributed by atoms with Crippen LogP contribution >= 0.6 is 0 Å². The van der Waals surface area contributed by atoms with Crippen LogP contribution in [0.5, 0.6) is 11.5 Å². The van der Waals surface area contributed by atoms with Crippen LogP contribution in [0.1, 0.15) is 16.8 Å². The van der Waals surface area contributed by atoms with Crippen LogP contribution in [0, 0.1) is 18.3 Å². The molecule has 0 aliphatic heterocycles. The fraction of sp³-hybridized carbons (Fsp3) is 0.312. The molecule has 2 aromatic rings. The maximum absolute atomic E-state index is 8.75. The number of rotatable bonds is 5. The second kappa shape index (κ2) is 6.76. The summed E-state index contributed by atoms with van der Waals surface area (Å²) in [5.41, 5.74) is 2.51. The molecule has 0 amide bonds. The first-order valence-electron chi connectivity index (χ1n) is 6.75. The van der Waals surface area contributed by atoms with Gasteiger partial charge in [-0.3, -0.25) is 0 Å². The summed E-state index contributed by atoms with van der Waals surface area (Å²) in [4.78, 5) is 1.96. The lowest BCUT2D eigenvalue weighted by Crippen LogP contribution is -2.19. The Morgan fingerprint density at radius 2 is 1.82 bits per heavy atom. The second-order valence-electron chi connectivity index (χ2n) is 4.88. The van der Waals surface area contributed by atoms with Gasteiger partial charge in [-0.25, -0.2) is 0 Å². The molecule has 114 valence electrons. The molecular weight excluding hydrogens is 280 g/mol. The summed E-state index contributed by atoms with van der Waals surface area (Å²) < 4.78 is 10.6. The first-order valence-corrected chi connectivity index (χ1v) is 6.75. The summed E-state index contributed by atoms with van der Waals surface area (Å²) in [7, 11) is 5.16. The van der Waals surface area contributed by atoms with E-state index in [2.05, 4.69) is 10.2 Å². The molecule has 0 aliphatic rings. The number of nitriles is 1. The van der Waals surface area contributed by atoms with Crippen LogP contribution in [0.2, 0.25) is 0 Å². The quantitative estimate of drug-likeness (QED) is 0.843. The molecule has 6 heteroatoms. The average molecular weight is 298 g/mol. The van der Waals surface area contributed by atoms with Crippen LogP contribution in [-0.4, -0.2) is 31.5 Å². The molecule has 1 aromatic carbocycles. The maximum atomic E-state index is 8.75. The van der Waals surface area contributed by atoms with Crippen molar-refractivity contribution in [3.8, 4) is 17.6 Å². The zero-order valence-corrected chi connectivity index (χ0v) is 13.1. The summed E-state index contributed by atoms with van der Waals surface area (Å²) in [5.74, 6) is 2.11. The molecule has 0 atom stereocenters. The number of aromatic nitrogens is 2. The fourth-order valence-electron chi connectivity index (χ4n) is 2.12. The number of benzene rings is 1. The van der Waals surface area contributed by atoms with Gasteiger partial charge in [0.1, 0.15) is 6.07 Å². The van der Waals surface area contributed by atoms with E-state index in [1.807, 2.05) is 37.1 Å². The van der Waals surface area contributed by atoms with Crippen LogP contribution in [-0.2, 0) is 6.54 Å². The van der Waals surface area contributed by atoms with Gasteiger partial charge in [-0.1, -0.05) is 0 Å². The number of nitrogens with zero attached hydrogens (tertiary/aromatic N) is 4. The van der Waals surface area contributed by atoms with Gasteiger partial charge in [0.25, 0.3) is 0 Å². The lowest BCUT2D eigenvalue weighted by Gasteiger charge is -2.20. The van der Waals surface area contributed by atoms with Crippen LogP contribution in [0.4, 0.5) is 5.82 Å². The molecule has 0 bridgehead atoms. The summed E-state index contributed by atoms with van der Waals surface area (Å²) in [6, 6.07) is 9.30. The van der Waals surface area contributed by atoms with Gasteiger partial charge in [-0.2, -0.15) is 5.26 Å². The van der Waals surface area contributed by atoms with Crippen LogP contribution in [0.25, 0.3) is 0 Å².